The Hall–Kier alpha value is -2.26. The average molecular weight is 264 g/mol. The van der Waals surface area contributed by atoms with E-state index in [0.29, 0.717) is 5.69 Å². The van der Waals surface area contributed by atoms with E-state index in [0.717, 1.165) is 27.7 Å². The van der Waals surface area contributed by atoms with E-state index in [9.17, 15) is 5.11 Å². The van der Waals surface area contributed by atoms with Crippen LogP contribution >= 0.6 is 0 Å². The molecule has 0 spiro atoms. The summed E-state index contributed by atoms with van der Waals surface area (Å²) in [5.74, 6) is 0. The number of benzene rings is 2. The van der Waals surface area contributed by atoms with Gasteiger partial charge in [0.15, 0.2) is 0 Å². The van der Waals surface area contributed by atoms with E-state index < -0.39 is 6.10 Å². The molecule has 0 amide bonds. The van der Waals surface area contributed by atoms with Gasteiger partial charge in [-0.2, -0.15) is 0 Å². The predicted octanol–water partition coefficient (Wildman–Crippen LogP) is 3.33. The lowest BCUT2D eigenvalue weighted by Crippen LogP contribution is -2.05. The van der Waals surface area contributed by atoms with Crippen LogP contribution in [0.3, 0.4) is 0 Å². The fourth-order valence-electron chi connectivity index (χ4n) is 2.32. The molecule has 1 atom stereocenters. The zero-order chi connectivity index (χ0) is 14.1. The molecule has 1 unspecified atom stereocenters. The number of aliphatic hydroxyl groups is 1. The molecule has 0 aliphatic carbocycles. The van der Waals surface area contributed by atoms with Crippen LogP contribution in [0.25, 0.3) is 11.0 Å². The number of aromatic nitrogens is 2. The zero-order valence-electron chi connectivity index (χ0n) is 11.5. The van der Waals surface area contributed by atoms with Gasteiger partial charge in [-0.05, 0) is 37.1 Å². The fourth-order valence-corrected chi connectivity index (χ4v) is 2.32. The van der Waals surface area contributed by atoms with E-state index in [1.165, 1.54) is 0 Å². The van der Waals surface area contributed by atoms with Crippen molar-refractivity contribution in [3.8, 4) is 0 Å². The van der Waals surface area contributed by atoms with Crippen LogP contribution in [0.4, 0.5) is 0 Å². The highest BCUT2D eigenvalue weighted by Gasteiger charge is 2.15. The Morgan fingerprint density at radius 1 is 1.00 bits per heavy atom. The molecule has 1 aromatic heterocycles. The van der Waals surface area contributed by atoms with E-state index in [-0.39, 0.29) is 0 Å². The van der Waals surface area contributed by atoms with Crippen LogP contribution in [-0.2, 0) is 0 Å². The first-order valence-corrected chi connectivity index (χ1v) is 6.62. The summed E-state index contributed by atoms with van der Waals surface area (Å²) in [7, 11) is 0. The van der Waals surface area contributed by atoms with Crippen LogP contribution < -0.4 is 0 Å². The number of nitrogens with zero attached hydrogens (tertiary/aromatic N) is 2. The molecule has 3 aromatic rings. The second kappa shape index (κ2) is 5.02. The summed E-state index contributed by atoms with van der Waals surface area (Å²) in [5.41, 5.74) is 5.28. The van der Waals surface area contributed by atoms with Crippen molar-refractivity contribution in [1.29, 1.82) is 0 Å². The van der Waals surface area contributed by atoms with Crippen molar-refractivity contribution in [3.05, 3.63) is 71.0 Å². The highest BCUT2D eigenvalue weighted by molar-refractivity contribution is 5.73. The van der Waals surface area contributed by atoms with Gasteiger partial charge in [0.05, 0.1) is 22.9 Å². The molecule has 2 aromatic carbocycles. The van der Waals surface area contributed by atoms with E-state index in [1.54, 1.807) is 6.20 Å². The minimum atomic E-state index is -0.744. The largest absolute Gasteiger partial charge is 0.382 e. The number of rotatable bonds is 2. The van der Waals surface area contributed by atoms with Crippen molar-refractivity contribution in [2.75, 3.05) is 0 Å². The van der Waals surface area contributed by atoms with Crippen LogP contribution in [0.1, 0.15) is 28.5 Å². The number of fused-ring (bicyclic) bond motifs is 1. The SMILES string of the molecule is Cc1ccc(C)c(C(O)c2cnc3ccccc3n2)c1. The van der Waals surface area contributed by atoms with Crippen LogP contribution in [0.15, 0.2) is 48.7 Å². The van der Waals surface area contributed by atoms with Crippen molar-refractivity contribution in [3.63, 3.8) is 0 Å². The van der Waals surface area contributed by atoms with E-state index in [4.69, 9.17) is 0 Å². The standard InChI is InChI=1S/C17H16N2O/c1-11-7-8-12(2)13(9-11)17(20)16-10-18-14-5-3-4-6-15(14)19-16/h3-10,17,20H,1-2H3. The lowest BCUT2D eigenvalue weighted by Gasteiger charge is -2.14. The molecule has 0 fully saturated rings. The number of hydrogen-bond acceptors (Lipinski definition) is 3. The van der Waals surface area contributed by atoms with Gasteiger partial charge in [-0.25, -0.2) is 4.98 Å². The smallest absolute Gasteiger partial charge is 0.123 e. The van der Waals surface area contributed by atoms with Crippen LogP contribution in [0.2, 0.25) is 0 Å². The van der Waals surface area contributed by atoms with Gasteiger partial charge >= 0.3 is 0 Å². The quantitative estimate of drug-likeness (QED) is 0.772. The molecule has 0 bridgehead atoms. The topological polar surface area (TPSA) is 46.0 Å². The molecule has 0 radical (unpaired) electrons. The summed E-state index contributed by atoms with van der Waals surface area (Å²) in [6.45, 7) is 4.01. The Kier molecular flexibility index (Phi) is 3.20. The monoisotopic (exact) mass is 264 g/mol. The minimum Gasteiger partial charge on any atom is -0.382 e. The van der Waals surface area contributed by atoms with Crippen molar-refractivity contribution >= 4 is 11.0 Å². The van der Waals surface area contributed by atoms with E-state index >= 15 is 0 Å². The molecule has 0 saturated heterocycles. The summed E-state index contributed by atoms with van der Waals surface area (Å²) in [6, 6.07) is 13.7. The minimum absolute atomic E-state index is 0.581. The maximum absolute atomic E-state index is 10.6. The zero-order valence-corrected chi connectivity index (χ0v) is 11.5. The second-order valence-corrected chi connectivity index (χ2v) is 5.05. The molecule has 1 N–H and O–H groups in total. The molecule has 3 heteroatoms. The van der Waals surface area contributed by atoms with Crippen molar-refractivity contribution in [1.82, 2.24) is 9.97 Å². The van der Waals surface area contributed by atoms with Gasteiger partial charge < -0.3 is 5.11 Å². The first-order chi connectivity index (χ1) is 9.65. The van der Waals surface area contributed by atoms with Gasteiger partial charge in [0, 0.05) is 0 Å². The van der Waals surface area contributed by atoms with Gasteiger partial charge in [0.2, 0.25) is 0 Å². The van der Waals surface area contributed by atoms with Crippen molar-refractivity contribution < 1.29 is 5.11 Å². The second-order valence-electron chi connectivity index (χ2n) is 5.05. The first kappa shape index (κ1) is 12.8. The highest BCUT2D eigenvalue weighted by Crippen LogP contribution is 2.25. The molecule has 1 heterocycles. The van der Waals surface area contributed by atoms with E-state index in [2.05, 4.69) is 9.97 Å². The lowest BCUT2D eigenvalue weighted by atomic mass is 9.99. The maximum atomic E-state index is 10.6. The highest BCUT2D eigenvalue weighted by atomic mass is 16.3. The summed E-state index contributed by atoms with van der Waals surface area (Å²) < 4.78 is 0. The Morgan fingerprint density at radius 3 is 2.55 bits per heavy atom. The fraction of sp³-hybridized carbons (Fsp3) is 0.176. The number of aliphatic hydroxyl groups excluding tert-OH is 1. The maximum Gasteiger partial charge on any atom is 0.123 e. The molecule has 3 rings (SSSR count). The predicted molar refractivity (Wildman–Crippen MR) is 79.5 cm³/mol. The molecule has 0 aliphatic heterocycles. The molecule has 20 heavy (non-hydrogen) atoms. The third kappa shape index (κ3) is 2.28. The number of para-hydroxylation sites is 2. The summed E-state index contributed by atoms with van der Waals surface area (Å²) in [5, 5.41) is 10.6. The van der Waals surface area contributed by atoms with E-state index in [1.807, 2.05) is 56.3 Å². The third-order valence-corrected chi connectivity index (χ3v) is 3.48. The normalized spacial score (nSPS) is 12.6. The van der Waals surface area contributed by atoms with Crippen LogP contribution in [0, 0.1) is 13.8 Å². The Bertz CT molecular complexity index is 768. The number of aryl methyl sites for hydroxylation is 2. The molecular weight excluding hydrogens is 248 g/mol. The molecule has 0 saturated carbocycles. The average Bonchev–Trinajstić information content (AvgIpc) is 2.48. The van der Waals surface area contributed by atoms with Gasteiger partial charge in [0.25, 0.3) is 0 Å². The summed E-state index contributed by atoms with van der Waals surface area (Å²) >= 11 is 0. The summed E-state index contributed by atoms with van der Waals surface area (Å²) in [6.07, 6.45) is 0.904. The molecule has 0 aliphatic rings. The Labute approximate surface area is 117 Å². The molecule has 100 valence electrons. The van der Waals surface area contributed by atoms with Gasteiger partial charge in [-0.15, -0.1) is 0 Å². The van der Waals surface area contributed by atoms with Gasteiger partial charge in [0.1, 0.15) is 6.10 Å². The van der Waals surface area contributed by atoms with Crippen molar-refractivity contribution in [2.45, 2.75) is 20.0 Å². The van der Waals surface area contributed by atoms with Gasteiger partial charge in [-0.3, -0.25) is 4.98 Å². The Balaban J connectivity index is 2.07. The molecule has 3 nitrogen and oxygen atoms in total. The lowest BCUT2D eigenvalue weighted by molar-refractivity contribution is 0.214. The third-order valence-electron chi connectivity index (χ3n) is 3.48. The summed E-state index contributed by atoms with van der Waals surface area (Å²) in [4.78, 5) is 8.87. The first-order valence-electron chi connectivity index (χ1n) is 6.62. The van der Waals surface area contributed by atoms with Crippen LogP contribution in [-0.4, -0.2) is 15.1 Å². The van der Waals surface area contributed by atoms with Crippen LogP contribution in [0.5, 0.6) is 0 Å². The van der Waals surface area contributed by atoms with Crippen molar-refractivity contribution in [2.24, 2.45) is 0 Å². The number of hydrogen-bond donors (Lipinski definition) is 1. The van der Waals surface area contributed by atoms with Gasteiger partial charge in [-0.1, -0.05) is 35.9 Å². The molecular formula is C17H16N2O. The Morgan fingerprint density at radius 2 is 1.75 bits per heavy atom.